The lowest BCUT2D eigenvalue weighted by Crippen LogP contribution is -2.71. The average molecular weight is 500 g/mol. The molecule has 3 aliphatic rings. The first kappa shape index (κ1) is 20.8. The van der Waals surface area contributed by atoms with Gasteiger partial charge in [-0.2, -0.15) is 0 Å². The van der Waals surface area contributed by atoms with Crippen molar-refractivity contribution in [2.24, 2.45) is 5.41 Å². The minimum absolute atomic E-state index is 0.126. The molecule has 32 heavy (non-hydrogen) atoms. The van der Waals surface area contributed by atoms with Crippen LogP contribution in [-0.2, 0) is 11.0 Å². The molecule has 3 aromatic rings. The highest BCUT2D eigenvalue weighted by Crippen LogP contribution is 2.43. The van der Waals surface area contributed by atoms with E-state index in [2.05, 4.69) is 30.1 Å². The summed E-state index contributed by atoms with van der Waals surface area (Å²) in [6.45, 7) is 5.72. The molecule has 3 aromatic heterocycles. The highest BCUT2D eigenvalue weighted by Gasteiger charge is 2.48. The SMILES string of the molecule is CC1(NS(=O)c2cc(N3CC4(CNC4)C3)c3c(Cl)nc(-c4nnc(C(F)F)s4)n3c2)CC1. The topological polar surface area (TPSA) is 87.5 Å². The molecule has 6 rings (SSSR count). The van der Waals surface area contributed by atoms with Crippen molar-refractivity contribution in [1.29, 1.82) is 0 Å². The molecule has 170 valence electrons. The van der Waals surface area contributed by atoms with Gasteiger partial charge in [-0.05, 0) is 25.8 Å². The molecule has 0 amide bonds. The summed E-state index contributed by atoms with van der Waals surface area (Å²) in [6.07, 6.45) is 0.933. The van der Waals surface area contributed by atoms with E-state index in [1.807, 2.05) is 13.0 Å². The van der Waals surface area contributed by atoms with Crippen molar-refractivity contribution >= 4 is 45.1 Å². The summed E-state index contributed by atoms with van der Waals surface area (Å²) in [5.74, 6) is 0.313. The number of hydrogen-bond acceptors (Lipinski definition) is 7. The second-order valence-electron chi connectivity index (χ2n) is 9.14. The fourth-order valence-corrected chi connectivity index (χ4v) is 6.39. The van der Waals surface area contributed by atoms with Gasteiger partial charge >= 0.3 is 0 Å². The number of nitrogens with one attached hydrogen (secondary N) is 2. The molecule has 8 nitrogen and oxygen atoms in total. The molecule has 0 aromatic carbocycles. The Hall–Kier alpha value is -1.73. The van der Waals surface area contributed by atoms with E-state index in [0.717, 1.165) is 56.0 Å². The van der Waals surface area contributed by atoms with E-state index >= 15 is 0 Å². The number of nitrogens with zero attached hydrogens (tertiary/aromatic N) is 5. The highest BCUT2D eigenvalue weighted by atomic mass is 35.5. The van der Waals surface area contributed by atoms with Gasteiger partial charge in [0.15, 0.2) is 21.0 Å². The molecule has 1 spiro atoms. The summed E-state index contributed by atoms with van der Waals surface area (Å²) in [5, 5.41) is 10.9. The van der Waals surface area contributed by atoms with Crippen molar-refractivity contribution in [3.63, 3.8) is 0 Å². The van der Waals surface area contributed by atoms with Crippen molar-refractivity contribution in [2.75, 3.05) is 31.1 Å². The molecule has 1 atom stereocenters. The van der Waals surface area contributed by atoms with E-state index in [9.17, 15) is 13.0 Å². The van der Waals surface area contributed by atoms with Crippen molar-refractivity contribution in [3.05, 3.63) is 22.4 Å². The summed E-state index contributed by atoms with van der Waals surface area (Å²) in [7, 11) is -1.45. The molecule has 13 heteroatoms. The van der Waals surface area contributed by atoms with Crippen LogP contribution >= 0.6 is 22.9 Å². The Labute approximate surface area is 194 Å². The maximum atomic E-state index is 13.1. The van der Waals surface area contributed by atoms with Crippen LogP contribution < -0.4 is 14.9 Å². The molecule has 5 heterocycles. The number of anilines is 1. The normalized spacial score (nSPS) is 21.7. The van der Waals surface area contributed by atoms with E-state index < -0.39 is 17.4 Å². The highest BCUT2D eigenvalue weighted by molar-refractivity contribution is 7.83. The molecular weight excluding hydrogens is 480 g/mol. The number of halogens is 3. The minimum atomic E-state index is -2.71. The van der Waals surface area contributed by atoms with Crippen molar-refractivity contribution in [3.8, 4) is 10.8 Å². The van der Waals surface area contributed by atoms with Gasteiger partial charge in [-0.3, -0.25) is 4.40 Å². The standard InChI is InChI=1S/C19H20ClF2N7OS2/c1-18(2-3-18)27-32(30)10-4-11(28-8-19(9-28)6-23-7-19)12-13(20)24-15(29(12)5-10)17-26-25-16(31-17)14(21)22/h4-5,14,23,27H,2-3,6-9H2,1H3. The molecule has 0 bridgehead atoms. The Morgan fingerprint density at radius 3 is 2.66 bits per heavy atom. The number of alkyl halides is 2. The number of rotatable bonds is 6. The lowest BCUT2D eigenvalue weighted by Gasteiger charge is -2.57. The summed E-state index contributed by atoms with van der Waals surface area (Å²) in [5.41, 5.74) is 1.63. The van der Waals surface area contributed by atoms with E-state index in [1.165, 1.54) is 0 Å². The molecular formula is C19H20ClF2N7OS2. The second kappa shape index (κ2) is 7.13. The second-order valence-corrected chi connectivity index (χ2v) is 11.7. The molecule has 2 saturated heterocycles. The van der Waals surface area contributed by atoms with Gasteiger partial charge in [0.2, 0.25) is 0 Å². The molecule has 1 unspecified atom stereocenters. The minimum Gasteiger partial charge on any atom is -0.368 e. The number of pyridine rings is 1. The van der Waals surface area contributed by atoms with E-state index in [-0.39, 0.29) is 26.1 Å². The van der Waals surface area contributed by atoms with Crippen molar-refractivity contribution in [2.45, 2.75) is 36.6 Å². The molecule has 3 fully saturated rings. The smallest absolute Gasteiger partial charge is 0.291 e. The van der Waals surface area contributed by atoms with Crippen LogP contribution in [0.1, 0.15) is 31.2 Å². The zero-order chi connectivity index (χ0) is 22.3. The Morgan fingerprint density at radius 2 is 2.06 bits per heavy atom. The maximum absolute atomic E-state index is 13.1. The van der Waals surface area contributed by atoms with Gasteiger partial charge in [-0.25, -0.2) is 22.7 Å². The average Bonchev–Trinajstić information content (AvgIpc) is 3.10. The molecule has 2 N–H and O–H groups in total. The zero-order valence-electron chi connectivity index (χ0n) is 17.1. The molecule has 2 aliphatic heterocycles. The first-order chi connectivity index (χ1) is 15.3. The zero-order valence-corrected chi connectivity index (χ0v) is 19.5. The van der Waals surface area contributed by atoms with Crippen molar-refractivity contribution < 1.29 is 13.0 Å². The summed E-state index contributed by atoms with van der Waals surface area (Å²) in [4.78, 5) is 7.20. The Bertz CT molecular complexity index is 1250. The molecule has 0 radical (unpaired) electrons. The van der Waals surface area contributed by atoms with Gasteiger partial charge in [0.05, 0.1) is 10.6 Å². The van der Waals surface area contributed by atoms with Gasteiger partial charge in [-0.1, -0.05) is 22.9 Å². The Balaban J connectivity index is 1.46. The molecule has 1 aliphatic carbocycles. The van der Waals surface area contributed by atoms with Gasteiger partial charge in [0, 0.05) is 43.3 Å². The molecule has 1 saturated carbocycles. The fourth-order valence-electron chi connectivity index (χ4n) is 4.24. The first-order valence-electron chi connectivity index (χ1n) is 10.2. The van der Waals surface area contributed by atoms with Crippen LogP contribution in [0.5, 0.6) is 0 Å². The number of fused-ring (bicyclic) bond motifs is 1. The third kappa shape index (κ3) is 3.35. The van der Waals surface area contributed by atoms with Crippen LogP contribution in [0.3, 0.4) is 0 Å². The Morgan fingerprint density at radius 1 is 1.31 bits per heavy atom. The Kier molecular flexibility index (Phi) is 4.65. The van der Waals surface area contributed by atoms with Crippen LogP contribution in [-0.4, -0.2) is 55.5 Å². The van der Waals surface area contributed by atoms with Crippen LogP contribution in [0, 0.1) is 5.41 Å². The van der Waals surface area contributed by atoms with Crippen LogP contribution in [0.4, 0.5) is 14.5 Å². The van der Waals surface area contributed by atoms with Crippen LogP contribution in [0.25, 0.3) is 16.3 Å². The summed E-state index contributed by atoms with van der Waals surface area (Å²) >= 11 is 7.32. The summed E-state index contributed by atoms with van der Waals surface area (Å²) < 4.78 is 44.2. The summed E-state index contributed by atoms with van der Waals surface area (Å²) in [6, 6.07) is 1.89. The third-order valence-electron chi connectivity index (χ3n) is 6.41. The quantitative estimate of drug-likeness (QED) is 0.542. The lowest BCUT2D eigenvalue weighted by molar-refractivity contribution is 0.121. The van der Waals surface area contributed by atoms with Crippen LogP contribution in [0.15, 0.2) is 17.2 Å². The monoisotopic (exact) mass is 499 g/mol. The van der Waals surface area contributed by atoms with Crippen molar-refractivity contribution in [1.82, 2.24) is 29.6 Å². The number of aromatic nitrogens is 4. The lowest BCUT2D eigenvalue weighted by atomic mass is 9.74. The largest absolute Gasteiger partial charge is 0.368 e. The third-order valence-corrected chi connectivity index (χ3v) is 8.93. The maximum Gasteiger partial charge on any atom is 0.291 e. The first-order valence-corrected chi connectivity index (χ1v) is 12.6. The predicted molar refractivity (Wildman–Crippen MR) is 119 cm³/mol. The van der Waals surface area contributed by atoms with Crippen LogP contribution in [0.2, 0.25) is 5.15 Å². The van der Waals surface area contributed by atoms with E-state index in [4.69, 9.17) is 11.6 Å². The van der Waals surface area contributed by atoms with E-state index in [1.54, 1.807) is 10.6 Å². The van der Waals surface area contributed by atoms with Gasteiger partial charge in [0.25, 0.3) is 6.43 Å². The fraction of sp³-hybridized carbons (Fsp3) is 0.526. The van der Waals surface area contributed by atoms with Gasteiger partial charge < -0.3 is 10.2 Å². The van der Waals surface area contributed by atoms with Gasteiger partial charge in [-0.15, -0.1) is 10.2 Å². The van der Waals surface area contributed by atoms with Gasteiger partial charge in [0.1, 0.15) is 16.5 Å². The number of hydrogen-bond donors (Lipinski definition) is 2. The predicted octanol–water partition coefficient (Wildman–Crippen LogP) is 3.02. The van der Waals surface area contributed by atoms with E-state index in [0.29, 0.717) is 16.2 Å². The number of imidazole rings is 1.